The van der Waals surface area contributed by atoms with Crippen molar-refractivity contribution in [2.45, 2.75) is 31.1 Å². The van der Waals surface area contributed by atoms with Crippen LogP contribution >= 0.6 is 24.8 Å². The molecule has 12 heteroatoms. The van der Waals surface area contributed by atoms with E-state index in [0.29, 0.717) is 22.9 Å². The molecule has 0 bridgehead atoms. The minimum absolute atomic E-state index is 0. The molecule has 2 heterocycles. The van der Waals surface area contributed by atoms with Gasteiger partial charge in [0.1, 0.15) is 5.75 Å². The van der Waals surface area contributed by atoms with Crippen molar-refractivity contribution in [3.63, 3.8) is 0 Å². The van der Waals surface area contributed by atoms with Gasteiger partial charge in [-0.25, -0.2) is 0 Å². The second-order valence-corrected chi connectivity index (χ2v) is 7.41. The Hall–Kier alpha value is -2.40. The molecule has 1 aliphatic rings. The van der Waals surface area contributed by atoms with E-state index in [4.69, 9.17) is 4.74 Å². The number of nitrogens with one attached hydrogen (secondary N) is 2. The average molecular weight is 505 g/mol. The number of halogens is 5. The van der Waals surface area contributed by atoms with Gasteiger partial charge in [-0.2, -0.15) is 17.9 Å². The Morgan fingerprint density at radius 3 is 2.61 bits per heavy atom. The Morgan fingerprint density at radius 2 is 1.91 bits per heavy atom. The summed E-state index contributed by atoms with van der Waals surface area (Å²) in [5.41, 5.74) is 2.20. The predicted molar refractivity (Wildman–Crippen MR) is 123 cm³/mol. The number of piperidine rings is 1. The molecule has 2 aromatic carbocycles. The van der Waals surface area contributed by atoms with Gasteiger partial charge in [-0.3, -0.25) is 0 Å². The van der Waals surface area contributed by atoms with Crippen molar-refractivity contribution in [3.8, 4) is 11.4 Å². The number of benzene rings is 2. The van der Waals surface area contributed by atoms with Crippen molar-refractivity contribution in [3.05, 3.63) is 65.5 Å². The van der Waals surface area contributed by atoms with Crippen LogP contribution in [-0.4, -0.2) is 46.4 Å². The minimum Gasteiger partial charge on any atom is -0.496 e. The summed E-state index contributed by atoms with van der Waals surface area (Å²) in [6.45, 7) is 2.20. The van der Waals surface area contributed by atoms with Crippen LogP contribution in [0.15, 0.2) is 48.5 Å². The fourth-order valence-corrected chi connectivity index (χ4v) is 3.97. The van der Waals surface area contributed by atoms with Gasteiger partial charge < -0.3 is 15.4 Å². The van der Waals surface area contributed by atoms with Gasteiger partial charge in [-0.1, -0.05) is 30.3 Å². The van der Waals surface area contributed by atoms with Crippen molar-refractivity contribution >= 4 is 24.8 Å². The zero-order chi connectivity index (χ0) is 21.8. The lowest BCUT2D eigenvalue weighted by molar-refractivity contribution is -0.146. The quantitative estimate of drug-likeness (QED) is 0.532. The number of nitrogens with zero attached hydrogens (tertiary/aromatic N) is 4. The second-order valence-electron chi connectivity index (χ2n) is 7.41. The maximum Gasteiger partial charge on any atom is 0.453 e. The maximum absolute atomic E-state index is 13.2. The molecule has 0 saturated carbocycles. The van der Waals surface area contributed by atoms with Crippen LogP contribution in [0.25, 0.3) is 5.69 Å². The summed E-state index contributed by atoms with van der Waals surface area (Å²) >= 11 is 0. The van der Waals surface area contributed by atoms with Gasteiger partial charge in [0, 0.05) is 30.6 Å². The van der Waals surface area contributed by atoms with Gasteiger partial charge in [0.2, 0.25) is 0 Å². The fraction of sp³-hybridized carbons (Fsp3) is 0.381. The minimum atomic E-state index is -4.65. The standard InChI is InChI=1S/C21H23F3N6O.2ClH/c1-31-19-8-7-16(30-20(21(22,23)24)27-28-29-30)11-15(19)12-26-18-9-10-25-13-17(18)14-5-3-2-4-6-14;;/h2-8,11,17-18,25-26H,9-10,12-13H2,1H3;2*1H. The highest BCUT2D eigenvalue weighted by atomic mass is 35.5. The lowest BCUT2D eigenvalue weighted by Crippen LogP contribution is -2.45. The van der Waals surface area contributed by atoms with Crippen molar-refractivity contribution in [1.29, 1.82) is 0 Å². The molecule has 1 fully saturated rings. The van der Waals surface area contributed by atoms with Crippen LogP contribution < -0.4 is 15.4 Å². The summed E-state index contributed by atoms with van der Waals surface area (Å²) in [5.74, 6) is -0.289. The first-order valence-electron chi connectivity index (χ1n) is 9.99. The maximum atomic E-state index is 13.2. The number of tetrazole rings is 1. The number of aromatic nitrogens is 4. The molecular weight excluding hydrogens is 480 g/mol. The Labute approximate surface area is 201 Å². The number of alkyl halides is 3. The Kier molecular flexibility index (Phi) is 9.47. The van der Waals surface area contributed by atoms with E-state index in [1.54, 1.807) is 12.1 Å². The topological polar surface area (TPSA) is 76.9 Å². The second kappa shape index (κ2) is 11.6. The molecule has 0 radical (unpaired) electrons. The number of hydrogen-bond acceptors (Lipinski definition) is 6. The van der Waals surface area contributed by atoms with E-state index in [2.05, 4.69) is 38.3 Å². The zero-order valence-corrected chi connectivity index (χ0v) is 19.4. The number of rotatable bonds is 6. The van der Waals surface area contributed by atoms with Gasteiger partial charge in [-0.05, 0) is 47.2 Å². The van der Waals surface area contributed by atoms with Crippen LogP contribution in [-0.2, 0) is 12.7 Å². The van der Waals surface area contributed by atoms with Gasteiger partial charge in [0.15, 0.2) is 0 Å². The smallest absolute Gasteiger partial charge is 0.453 e. The summed E-state index contributed by atoms with van der Waals surface area (Å²) in [7, 11) is 1.54. The third-order valence-corrected chi connectivity index (χ3v) is 5.50. The first kappa shape index (κ1) is 26.8. The summed E-state index contributed by atoms with van der Waals surface area (Å²) in [6.07, 6.45) is -3.72. The van der Waals surface area contributed by atoms with E-state index in [1.165, 1.54) is 18.7 Å². The molecule has 2 atom stereocenters. The molecule has 4 rings (SSSR count). The van der Waals surface area contributed by atoms with E-state index in [0.717, 1.165) is 25.1 Å². The SMILES string of the molecule is COc1ccc(-n2nnnc2C(F)(F)F)cc1CNC1CCNCC1c1ccccc1.Cl.Cl. The Balaban J connectivity index is 0.00000193. The van der Waals surface area contributed by atoms with Crippen LogP contribution in [0.5, 0.6) is 5.75 Å². The molecule has 7 nitrogen and oxygen atoms in total. The summed E-state index contributed by atoms with van der Waals surface area (Å²) in [5, 5.41) is 16.8. The molecule has 3 aromatic rings. The van der Waals surface area contributed by atoms with Gasteiger partial charge in [0.25, 0.3) is 5.82 Å². The van der Waals surface area contributed by atoms with Crippen LogP contribution in [0, 0.1) is 0 Å². The number of ether oxygens (including phenoxy) is 1. The number of methoxy groups -OCH3 is 1. The lowest BCUT2D eigenvalue weighted by atomic mass is 9.87. The van der Waals surface area contributed by atoms with Crippen LogP contribution in [0.4, 0.5) is 13.2 Å². The third kappa shape index (κ3) is 6.14. The first-order valence-corrected chi connectivity index (χ1v) is 9.99. The highest BCUT2D eigenvalue weighted by Crippen LogP contribution is 2.30. The van der Waals surface area contributed by atoms with E-state index < -0.39 is 12.0 Å². The summed E-state index contributed by atoms with van der Waals surface area (Å²) in [4.78, 5) is 0. The molecular formula is C21H25Cl2F3N6O. The van der Waals surface area contributed by atoms with E-state index in [9.17, 15) is 13.2 Å². The monoisotopic (exact) mass is 504 g/mol. The molecule has 0 amide bonds. The molecule has 2 N–H and O–H groups in total. The van der Waals surface area contributed by atoms with Crippen molar-refractivity contribution < 1.29 is 17.9 Å². The summed E-state index contributed by atoms with van der Waals surface area (Å²) < 4.78 is 45.7. The summed E-state index contributed by atoms with van der Waals surface area (Å²) in [6, 6.07) is 15.2. The van der Waals surface area contributed by atoms with E-state index in [1.807, 2.05) is 18.2 Å². The molecule has 1 saturated heterocycles. The molecule has 1 aromatic heterocycles. The zero-order valence-electron chi connectivity index (χ0n) is 17.7. The molecule has 2 unspecified atom stereocenters. The fourth-order valence-electron chi connectivity index (χ4n) is 3.97. The largest absolute Gasteiger partial charge is 0.496 e. The van der Waals surface area contributed by atoms with Crippen molar-refractivity contribution in [2.24, 2.45) is 0 Å². The van der Waals surface area contributed by atoms with Crippen LogP contribution in [0.3, 0.4) is 0 Å². The highest BCUT2D eigenvalue weighted by Gasteiger charge is 2.38. The Bertz CT molecular complexity index is 1020. The average Bonchev–Trinajstić information content (AvgIpc) is 3.29. The normalized spacial score (nSPS) is 18.2. The van der Waals surface area contributed by atoms with Gasteiger partial charge in [-0.15, -0.1) is 29.9 Å². The number of hydrogen-bond donors (Lipinski definition) is 2. The van der Waals surface area contributed by atoms with Gasteiger partial charge in [0.05, 0.1) is 12.8 Å². The van der Waals surface area contributed by atoms with E-state index in [-0.39, 0.29) is 36.5 Å². The molecule has 0 aliphatic carbocycles. The van der Waals surface area contributed by atoms with Crippen molar-refractivity contribution in [2.75, 3.05) is 20.2 Å². The predicted octanol–water partition coefficient (Wildman–Crippen LogP) is 3.77. The van der Waals surface area contributed by atoms with Crippen LogP contribution in [0.2, 0.25) is 0 Å². The lowest BCUT2D eigenvalue weighted by Gasteiger charge is -2.33. The molecule has 180 valence electrons. The Morgan fingerprint density at radius 1 is 1.15 bits per heavy atom. The van der Waals surface area contributed by atoms with Gasteiger partial charge >= 0.3 is 6.18 Å². The highest BCUT2D eigenvalue weighted by molar-refractivity contribution is 5.85. The van der Waals surface area contributed by atoms with E-state index >= 15 is 0 Å². The van der Waals surface area contributed by atoms with Crippen LogP contribution in [0.1, 0.15) is 29.3 Å². The molecule has 1 aliphatic heterocycles. The molecule has 0 spiro atoms. The molecule has 33 heavy (non-hydrogen) atoms. The third-order valence-electron chi connectivity index (χ3n) is 5.50. The first-order chi connectivity index (χ1) is 15.0. The van der Waals surface area contributed by atoms with Crippen molar-refractivity contribution in [1.82, 2.24) is 30.8 Å².